The largest absolute Gasteiger partial charge is 0.493 e. The third-order valence-corrected chi connectivity index (χ3v) is 8.71. The van der Waals surface area contributed by atoms with Crippen molar-refractivity contribution in [2.24, 2.45) is 0 Å². The molecule has 5 nitrogen and oxygen atoms in total. The first-order valence-electron chi connectivity index (χ1n) is 12.5. The number of rotatable bonds is 10. The number of halogens is 4. The van der Waals surface area contributed by atoms with Crippen LogP contribution in [0.15, 0.2) is 71.6 Å². The summed E-state index contributed by atoms with van der Waals surface area (Å²) in [5.74, 6) is -1.10. The van der Waals surface area contributed by atoms with Crippen molar-refractivity contribution in [3.63, 3.8) is 0 Å². The van der Waals surface area contributed by atoms with Crippen LogP contribution in [-0.4, -0.2) is 39.6 Å². The van der Waals surface area contributed by atoms with Crippen LogP contribution in [0.25, 0.3) is 0 Å². The first kappa shape index (κ1) is 30.2. The highest BCUT2D eigenvalue weighted by Gasteiger charge is 2.34. The standard InChI is InChI=1S/C28H31ClF2N2O3S.ClH/c1-21(25-8-3-4-9-28(25)36-19-7-18-32-16-5-2-6-17-32)33(27-20-23(30)12-15-26(27)31)37(34,35)24-13-10-22(29)11-14-24;/h3-4,8-15,20-21H,2,5-7,16-19H2,1H3;1H. The van der Waals surface area contributed by atoms with Gasteiger partial charge in [0.05, 0.1) is 23.2 Å². The fourth-order valence-electron chi connectivity index (χ4n) is 4.66. The molecule has 1 heterocycles. The number of benzene rings is 3. The van der Waals surface area contributed by atoms with E-state index in [9.17, 15) is 12.8 Å². The second-order valence-electron chi connectivity index (χ2n) is 9.17. The zero-order chi connectivity index (χ0) is 26.4. The van der Waals surface area contributed by atoms with Gasteiger partial charge in [0.1, 0.15) is 17.4 Å². The van der Waals surface area contributed by atoms with Crippen LogP contribution in [0.5, 0.6) is 5.75 Å². The van der Waals surface area contributed by atoms with E-state index in [1.165, 1.54) is 43.5 Å². The van der Waals surface area contributed by atoms with Gasteiger partial charge in [0, 0.05) is 23.2 Å². The van der Waals surface area contributed by atoms with Crippen LogP contribution in [0.3, 0.4) is 0 Å². The van der Waals surface area contributed by atoms with Crippen LogP contribution in [0, 0.1) is 11.6 Å². The lowest BCUT2D eigenvalue weighted by Gasteiger charge is -2.32. The molecule has 1 atom stereocenters. The van der Waals surface area contributed by atoms with Crippen molar-refractivity contribution in [3.8, 4) is 5.75 Å². The molecular formula is C28H32Cl2F2N2O3S. The number of ether oxygens (including phenoxy) is 1. The topological polar surface area (TPSA) is 49.9 Å². The van der Waals surface area contributed by atoms with Gasteiger partial charge < -0.3 is 9.64 Å². The van der Waals surface area contributed by atoms with Gasteiger partial charge in [-0.25, -0.2) is 17.2 Å². The summed E-state index contributed by atoms with van der Waals surface area (Å²) in [5.41, 5.74) is 0.157. The summed E-state index contributed by atoms with van der Waals surface area (Å²) < 4.78 is 63.9. The molecule has 206 valence electrons. The molecule has 38 heavy (non-hydrogen) atoms. The summed E-state index contributed by atoms with van der Waals surface area (Å²) in [6, 6.07) is 14.5. The van der Waals surface area contributed by atoms with E-state index in [2.05, 4.69) is 4.90 Å². The zero-order valence-corrected chi connectivity index (χ0v) is 23.5. The number of sulfonamides is 1. The van der Waals surface area contributed by atoms with E-state index in [0.29, 0.717) is 22.9 Å². The Labute approximate surface area is 234 Å². The Hall–Kier alpha value is -2.39. The lowest BCUT2D eigenvalue weighted by Crippen LogP contribution is -2.35. The van der Waals surface area contributed by atoms with Crippen molar-refractivity contribution in [2.75, 3.05) is 30.5 Å². The maximum Gasteiger partial charge on any atom is 0.264 e. The van der Waals surface area contributed by atoms with Crippen LogP contribution < -0.4 is 9.04 Å². The van der Waals surface area contributed by atoms with Crippen molar-refractivity contribution in [3.05, 3.63) is 89.0 Å². The van der Waals surface area contributed by atoms with Crippen LogP contribution >= 0.6 is 24.0 Å². The lowest BCUT2D eigenvalue weighted by atomic mass is 10.1. The summed E-state index contributed by atoms with van der Waals surface area (Å²) in [6.45, 7) is 5.23. The Morgan fingerprint density at radius 2 is 1.68 bits per heavy atom. The Morgan fingerprint density at radius 3 is 2.39 bits per heavy atom. The Kier molecular flexibility index (Phi) is 10.8. The minimum atomic E-state index is -4.31. The predicted octanol–water partition coefficient (Wildman–Crippen LogP) is 7.25. The van der Waals surface area contributed by atoms with E-state index >= 15 is 4.39 Å². The molecule has 0 aromatic heterocycles. The average Bonchev–Trinajstić information content (AvgIpc) is 2.89. The monoisotopic (exact) mass is 584 g/mol. The maximum absolute atomic E-state index is 15.0. The first-order chi connectivity index (χ1) is 17.8. The van der Waals surface area contributed by atoms with Crippen molar-refractivity contribution in [1.82, 2.24) is 4.90 Å². The molecule has 3 aromatic rings. The number of hydrogen-bond acceptors (Lipinski definition) is 4. The number of piperidine rings is 1. The summed E-state index contributed by atoms with van der Waals surface area (Å²) in [4.78, 5) is 2.33. The average molecular weight is 586 g/mol. The van der Waals surface area contributed by atoms with Gasteiger partial charge in [0.25, 0.3) is 10.0 Å². The maximum atomic E-state index is 15.0. The van der Waals surface area contributed by atoms with Gasteiger partial charge in [-0.1, -0.05) is 36.2 Å². The van der Waals surface area contributed by atoms with E-state index in [4.69, 9.17) is 16.3 Å². The van der Waals surface area contributed by atoms with Crippen LogP contribution in [0.2, 0.25) is 5.02 Å². The molecule has 0 bridgehead atoms. The molecule has 0 spiro atoms. The predicted molar refractivity (Wildman–Crippen MR) is 150 cm³/mol. The molecule has 1 saturated heterocycles. The van der Waals surface area contributed by atoms with E-state index in [0.717, 1.165) is 48.6 Å². The third-order valence-electron chi connectivity index (χ3n) is 6.56. The highest BCUT2D eigenvalue weighted by atomic mass is 35.5. The molecule has 1 fully saturated rings. The molecule has 1 aliphatic rings. The summed E-state index contributed by atoms with van der Waals surface area (Å²) in [7, 11) is -4.31. The molecule has 0 saturated carbocycles. The van der Waals surface area contributed by atoms with Crippen LogP contribution in [0.4, 0.5) is 14.5 Å². The molecule has 0 N–H and O–H groups in total. The smallest absolute Gasteiger partial charge is 0.264 e. The second kappa shape index (κ2) is 13.6. The Bertz CT molecular complexity index is 1300. The minimum Gasteiger partial charge on any atom is -0.493 e. The fourth-order valence-corrected chi connectivity index (χ4v) is 6.42. The van der Waals surface area contributed by atoms with Gasteiger partial charge in [0.15, 0.2) is 0 Å². The number of likely N-dealkylation sites (tertiary alicyclic amines) is 1. The SMILES string of the molecule is CC(c1ccccc1OCCCN1CCCCC1)N(c1cc(F)ccc1F)S(=O)(=O)c1ccc(Cl)cc1.Cl. The first-order valence-corrected chi connectivity index (χ1v) is 14.3. The zero-order valence-electron chi connectivity index (χ0n) is 21.2. The quantitative estimate of drug-likeness (QED) is 0.235. The van der Waals surface area contributed by atoms with E-state index < -0.39 is 27.7 Å². The highest BCUT2D eigenvalue weighted by molar-refractivity contribution is 7.92. The normalized spacial score (nSPS) is 14.9. The Balaban J connectivity index is 0.00000400. The van der Waals surface area contributed by atoms with Gasteiger partial charge in [-0.05, 0) is 81.7 Å². The van der Waals surface area contributed by atoms with Crippen LogP contribution in [0.1, 0.15) is 44.2 Å². The molecule has 0 amide bonds. The summed E-state index contributed by atoms with van der Waals surface area (Å²) in [5, 5.41) is 0.360. The second-order valence-corrected chi connectivity index (χ2v) is 11.4. The molecule has 1 unspecified atom stereocenters. The number of anilines is 1. The molecule has 10 heteroatoms. The van der Waals surface area contributed by atoms with Crippen LogP contribution in [-0.2, 0) is 10.0 Å². The van der Waals surface area contributed by atoms with Gasteiger partial charge >= 0.3 is 0 Å². The third kappa shape index (κ3) is 7.17. The van der Waals surface area contributed by atoms with Crippen molar-refractivity contribution >= 4 is 39.7 Å². The summed E-state index contributed by atoms with van der Waals surface area (Å²) in [6.07, 6.45) is 4.54. The van der Waals surface area contributed by atoms with Gasteiger partial charge in [-0.3, -0.25) is 4.31 Å². The molecule has 0 aliphatic carbocycles. The number of hydrogen-bond donors (Lipinski definition) is 0. The molecule has 1 aliphatic heterocycles. The van der Waals surface area contributed by atoms with E-state index in [1.54, 1.807) is 31.2 Å². The Morgan fingerprint density at radius 1 is 1.00 bits per heavy atom. The van der Waals surface area contributed by atoms with Gasteiger partial charge in [-0.2, -0.15) is 0 Å². The molecular weight excluding hydrogens is 553 g/mol. The summed E-state index contributed by atoms with van der Waals surface area (Å²) >= 11 is 5.96. The van der Waals surface area contributed by atoms with Crippen molar-refractivity contribution in [2.45, 2.75) is 43.5 Å². The highest BCUT2D eigenvalue weighted by Crippen LogP contribution is 2.38. The number of nitrogens with zero attached hydrogens (tertiary/aromatic N) is 2. The van der Waals surface area contributed by atoms with Gasteiger partial charge in [-0.15, -0.1) is 12.4 Å². The van der Waals surface area contributed by atoms with E-state index in [1.807, 2.05) is 0 Å². The van der Waals surface area contributed by atoms with Crippen molar-refractivity contribution < 1.29 is 21.9 Å². The lowest BCUT2D eigenvalue weighted by molar-refractivity contribution is 0.204. The van der Waals surface area contributed by atoms with E-state index in [-0.39, 0.29) is 23.0 Å². The molecule has 0 radical (unpaired) electrons. The fraction of sp³-hybridized carbons (Fsp3) is 0.357. The van der Waals surface area contributed by atoms with Crippen molar-refractivity contribution in [1.29, 1.82) is 0 Å². The van der Waals surface area contributed by atoms with Gasteiger partial charge in [0.2, 0.25) is 0 Å². The molecule has 3 aromatic carbocycles. The molecule has 4 rings (SSSR count). The minimum absolute atomic E-state index is 0. The number of para-hydroxylation sites is 1.